The van der Waals surface area contributed by atoms with Crippen LogP contribution in [0.1, 0.15) is 23.0 Å². The Bertz CT molecular complexity index is 755. The maximum absolute atomic E-state index is 10.9. The summed E-state index contributed by atoms with van der Waals surface area (Å²) in [6, 6.07) is 12.3. The second-order valence-corrected chi connectivity index (χ2v) is 5.25. The second kappa shape index (κ2) is 5.69. The summed E-state index contributed by atoms with van der Waals surface area (Å²) in [4.78, 5) is 10.4. The van der Waals surface area contributed by atoms with Crippen LogP contribution in [0.15, 0.2) is 48.7 Å². The number of hydrogen-bond acceptors (Lipinski definition) is 4. The average Bonchev–Trinajstić information content (AvgIpc) is 2.97. The number of rotatable bonds is 3. The molecule has 1 aliphatic rings. The molecule has 2 aromatic carbocycles. The standard InChI is InChI=1S/C16H12ClNO4/c1-10-5-7-11(8-6-10)14-9-21-16(22-14)12-3-2-4-13(15(12)17)18(19)20/h2-9,16H,1H3. The average molecular weight is 318 g/mol. The van der Waals surface area contributed by atoms with Crippen LogP contribution >= 0.6 is 11.6 Å². The fourth-order valence-corrected chi connectivity index (χ4v) is 2.43. The van der Waals surface area contributed by atoms with Crippen molar-refractivity contribution in [1.82, 2.24) is 0 Å². The van der Waals surface area contributed by atoms with Crippen molar-refractivity contribution in [3.05, 3.63) is 80.6 Å². The van der Waals surface area contributed by atoms with Gasteiger partial charge in [0.25, 0.3) is 12.0 Å². The first-order valence-electron chi connectivity index (χ1n) is 6.58. The van der Waals surface area contributed by atoms with E-state index in [-0.39, 0.29) is 10.7 Å². The van der Waals surface area contributed by atoms with E-state index in [4.69, 9.17) is 21.1 Å². The van der Waals surface area contributed by atoms with E-state index in [2.05, 4.69) is 0 Å². The van der Waals surface area contributed by atoms with Crippen LogP contribution in [0.25, 0.3) is 5.76 Å². The summed E-state index contributed by atoms with van der Waals surface area (Å²) < 4.78 is 11.2. The summed E-state index contributed by atoms with van der Waals surface area (Å²) >= 11 is 6.07. The van der Waals surface area contributed by atoms with Gasteiger partial charge >= 0.3 is 0 Å². The van der Waals surface area contributed by atoms with Gasteiger partial charge in [-0.1, -0.05) is 47.5 Å². The molecule has 1 aliphatic heterocycles. The lowest BCUT2D eigenvalue weighted by Gasteiger charge is -2.13. The highest BCUT2D eigenvalue weighted by Gasteiger charge is 2.28. The van der Waals surface area contributed by atoms with E-state index in [1.165, 1.54) is 12.3 Å². The summed E-state index contributed by atoms with van der Waals surface area (Å²) in [5.74, 6) is 0.563. The second-order valence-electron chi connectivity index (χ2n) is 4.87. The molecule has 0 amide bonds. The van der Waals surface area contributed by atoms with Gasteiger partial charge in [0, 0.05) is 11.6 Å². The van der Waals surface area contributed by atoms with Gasteiger partial charge in [-0.2, -0.15) is 0 Å². The van der Waals surface area contributed by atoms with Crippen molar-refractivity contribution >= 4 is 23.0 Å². The van der Waals surface area contributed by atoms with E-state index in [0.29, 0.717) is 11.3 Å². The van der Waals surface area contributed by atoms with E-state index in [9.17, 15) is 10.1 Å². The predicted octanol–water partition coefficient (Wildman–Crippen LogP) is 4.60. The molecule has 1 heterocycles. The highest BCUT2D eigenvalue weighted by atomic mass is 35.5. The lowest BCUT2D eigenvalue weighted by atomic mass is 10.1. The lowest BCUT2D eigenvalue weighted by Crippen LogP contribution is -2.02. The number of halogens is 1. The number of nitro groups is 1. The van der Waals surface area contributed by atoms with Gasteiger partial charge < -0.3 is 9.47 Å². The zero-order valence-electron chi connectivity index (χ0n) is 11.7. The van der Waals surface area contributed by atoms with Gasteiger partial charge in [-0.25, -0.2) is 0 Å². The molecule has 0 saturated heterocycles. The Morgan fingerprint density at radius 3 is 2.59 bits per heavy atom. The number of nitro benzene ring substituents is 1. The van der Waals surface area contributed by atoms with Crippen molar-refractivity contribution in [2.24, 2.45) is 0 Å². The minimum atomic E-state index is -0.788. The Hall–Kier alpha value is -2.53. The number of nitrogens with zero attached hydrogens (tertiary/aromatic N) is 1. The number of benzene rings is 2. The minimum Gasteiger partial charge on any atom is -0.454 e. The Kier molecular flexibility index (Phi) is 3.73. The smallest absolute Gasteiger partial charge is 0.288 e. The molecule has 0 aromatic heterocycles. The molecule has 0 fully saturated rings. The fourth-order valence-electron chi connectivity index (χ4n) is 2.15. The largest absolute Gasteiger partial charge is 0.454 e. The molecule has 1 atom stereocenters. The van der Waals surface area contributed by atoms with Gasteiger partial charge in [0.05, 0.1) is 10.5 Å². The maximum Gasteiger partial charge on any atom is 0.288 e. The van der Waals surface area contributed by atoms with E-state index in [1.54, 1.807) is 12.1 Å². The fraction of sp³-hybridized carbons (Fsp3) is 0.125. The maximum atomic E-state index is 10.9. The highest BCUT2D eigenvalue weighted by molar-refractivity contribution is 6.33. The van der Waals surface area contributed by atoms with Gasteiger partial charge in [0.1, 0.15) is 11.3 Å². The molecule has 1 unspecified atom stereocenters. The van der Waals surface area contributed by atoms with Crippen molar-refractivity contribution in [3.8, 4) is 0 Å². The summed E-state index contributed by atoms with van der Waals surface area (Å²) in [7, 11) is 0. The van der Waals surface area contributed by atoms with Crippen LogP contribution in [0.3, 0.4) is 0 Å². The van der Waals surface area contributed by atoms with Gasteiger partial charge in [-0.3, -0.25) is 10.1 Å². The molecule has 0 aliphatic carbocycles. The van der Waals surface area contributed by atoms with Crippen LogP contribution in [0.5, 0.6) is 0 Å². The van der Waals surface area contributed by atoms with Crippen LogP contribution in [0, 0.1) is 17.0 Å². The van der Waals surface area contributed by atoms with E-state index >= 15 is 0 Å². The molecule has 22 heavy (non-hydrogen) atoms. The Labute approximate surface area is 131 Å². The van der Waals surface area contributed by atoms with Crippen molar-refractivity contribution in [3.63, 3.8) is 0 Å². The van der Waals surface area contributed by atoms with Crippen LogP contribution in [0.4, 0.5) is 5.69 Å². The Morgan fingerprint density at radius 2 is 1.91 bits per heavy atom. The first kappa shape index (κ1) is 14.4. The first-order chi connectivity index (χ1) is 10.6. The van der Waals surface area contributed by atoms with Crippen molar-refractivity contribution in [1.29, 1.82) is 0 Å². The van der Waals surface area contributed by atoms with Crippen LogP contribution < -0.4 is 0 Å². The van der Waals surface area contributed by atoms with E-state index in [0.717, 1.165) is 11.1 Å². The predicted molar refractivity (Wildman–Crippen MR) is 82.2 cm³/mol. The van der Waals surface area contributed by atoms with Crippen LogP contribution in [-0.4, -0.2) is 4.92 Å². The molecule has 0 radical (unpaired) electrons. The Morgan fingerprint density at radius 1 is 1.18 bits per heavy atom. The number of ether oxygens (including phenoxy) is 2. The van der Waals surface area contributed by atoms with Crippen molar-refractivity contribution < 1.29 is 14.4 Å². The zero-order valence-corrected chi connectivity index (χ0v) is 12.4. The SMILES string of the molecule is Cc1ccc(C2=COC(c3cccc([N+](=O)[O-])c3Cl)O2)cc1. The van der Waals surface area contributed by atoms with Gasteiger partial charge in [-0.15, -0.1) is 0 Å². The van der Waals surface area contributed by atoms with Crippen LogP contribution in [-0.2, 0) is 9.47 Å². The van der Waals surface area contributed by atoms with E-state index < -0.39 is 11.2 Å². The summed E-state index contributed by atoms with van der Waals surface area (Å²) in [6.07, 6.45) is 0.702. The molecular weight excluding hydrogens is 306 g/mol. The third kappa shape index (κ3) is 2.63. The summed E-state index contributed by atoms with van der Waals surface area (Å²) in [5.41, 5.74) is 2.26. The molecular formula is C16H12ClNO4. The molecule has 3 rings (SSSR count). The van der Waals surface area contributed by atoms with Crippen LogP contribution in [0.2, 0.25) is 5.02 Å². The van der Waals surface area contributed by atoms with Gasteiger partial charge in [-0.05, 0) is 13.0 Å². The number of aryl methyl sites for hydroxylation is 1. The van der Waals surface area contributed by atoms with Gasteiger partial charge in [0.15, 0.2) is 5.76 Å². The van der Waals surface area contributed by atoms with Crippen molar-refractivity contribution in [2.45, 2.75) is 13.2 Å². The highest BCUT2D eigenvalue weighted by Crippen LogP contribution is 2.39. The molecule has 6 heteroatoms. The monoisotopic (exact) mass is 317 g/mol. The molecule has 2 aromatic rings. The zero-order chi connectivity index (χ0) is 15.7. The number of hydrogen-bond donors (Lipinski definition) is 0. The molecule has 0 spiro atoms. The normalized spacial score (nSPS) is 16.6. The Balaban J connectivity index is 1.84. The molecule has 5 nitrogen and oxygen atoms in total. The van der Waals surface area contributed by atoms with E-state index in [1.807, 2.05) is 31.2 Å². The first-order valence-corrected chi connectivity index (χ1v) is 6.96. The third-order valence-corrected chi connectivity index (χ3v) is 3.74. The molecule has 0 saturated carbocycles. The van der Waals surface area contributed by atoms with Crippen molar-refractivity contribution in [2.75, 3.05) is 0 Å². The summed E-state index contributed by atoms with van der Waals surface area (Å²) in [6.45, 7) is 2.00. The minimum absolute atomic E-state index is 0.0241. The summed E-state index contributed by atoms with van der Waals surface area (Å²) in [5, 5.41) is 11.0. The topological polar surface area (TPSA) is 61.6 Å². The molecule has 0 N–H and O–H groups in total. The lowest BCUT2D eigenvalue weighted by molar-refractivity contribution is -0.384. The van der Waals surface area contributed by atoms with Gasteiger partial charge in [0.2, 0.25) is 0 Å². The quantitative estimate of drug-likeness (QED) is 0.613. The third-order valence-electron chi connectivity index (χ3n) is 3.33. The molecule has 0 bridgehead atoms. The molecule has 112 valence electrons.